The molecule has 1 unspecified atom stereocenters. The fraction of sp³-hybridized carbons (Fsp3) is 0.533. The second kappa shape index (κ2) is 7.26. The van der Waals surface area contributed by atoms with Gasteiger partial charge in [0.05, 0.1) is 19.3 Å². The van der Waals surface area contributed by atoms with Crippen LogP contribution in [0.4, 0.5) is 0 Å². The summed E-state index contributed by atoms with van der Waals surface area (Å²) < 4.78 is 5.91. The molecule has 0 aliphatic carbocycles. The molecule has 110 valence electrons. The van der Waals surface area contributed by atoms with Crippen molar-refractivity contribution in [2.24, 2.45) is 10.9 Å². The van der Waals surface area contributed by atoms with Crippen LogP contribution in [0, 0.1) is 0 Å². The van der Waals surface area contributed by atoms with Crippen LogP contribution in [0.25, 0.3) is 0 Å². The summed E-state index contributed by atoms with van der Waals surface area (Å²) in [6.45, 7) is 5.01. The lowest BCUT2D eigenvalue weighted by Gasteiger charge is -2.31. The molecule has 1 atom stereocenters. The molecular weight excluding hydrogens is 254 g/mol. The minimum absolute atomic E-state index is 0.0676. The molecule has 1 aliphatic heterocycles. The topological polar surface area (TPSA) is 71.1 Å². The lowest BCUT2D eigenvalue weighted by molar-refractivity contribution is 0.0188. The SMILES string of the molecule is CCCN(CC(N)=NO)CC1OCCc2ccccc21. The van der Waals surface area contributed by atoms with Gasteiger partial charge in [-0.3, -0.25) is 4.90 Å². The average molecular weight is 277 g/mol. The second-order valence-corrected chi connectivity index (χ2v) is 5.13. The Morgan fingerprint density at radius 1 is 1.50 bits per heavy atom. The fourth-order valence-electron chi connectivity index (χ4n) is 2.67. The molecule has 1 aromatic rings. The van der Waals surface area contributed by atoms with Gasteiger partial charge in [-0.25, -0.2) is 0 Å². The molecular formula is C15H23N3O2. The maximum absolute atomic E-state index is 8.72. The first-order valence-corrected chi connectivity index (χ1v) is 7.12. The first kappa shape index (κ1) is 14.8. The van der Waals surface area contributed by atoms with E-state index in [1.165, 1.54) is 11.1 Å². The third-order valence-corrected chi connectivity index (χ3v) is 3.57. The lowest BCUT2D eigenvalue weighted by atomic mass is 9.97. The van der Waals surface area contributed by atoms with Gasteiger partial charge >= 0.3 is 0 Å². The number of rotatable bonds is 6. The molecule has 0 saturated carbocycles. The van der Waals surface area contributed by atoms with Gasteiger partial charge in [0.2, 0.25) is 0 Å². The first-order valence-electron chi connectivity index (χ1n) is 7.12. The van der Waals surface area contributed by atoms with E-state index in [0.717, 1.165) is 32.5 Å². The van der Waals surface area contributed by atoms with Gasteiger partial charge in [0.15, 0.2) is 5.84 Å². The quantitative estimate of drug-likeness (QED) is 0.360. The highest BCUT2D eigenvalue weighted by atomic mass is 16.5. The van der Waals surface area contributed by atoms with Crippen molar-refractivity contribution >= 4 is 5.84 Å². The molecule has 0 bridgehead atoms. The van der Waals surface area contributed by atoms with Crippen LogP contribution in [0.15, 0.2) is 29.4 Å². The standard InChI is InChI=1S/C15H23N3O2/c1-2-8-18(11-15(16)17-19)10-14-13-6-4-3-5-12(13)7-9-20-14/h3-6,14,19H,2,7-11H2,1H3,(H2,16,17). The van der Waals surface area contributed by atoms with E-state index in [1.807, 2.05) is 6.07 Å². The molecule has 5 heteroatoms. The zero-order valence-corrected chi connectivity index (χ0v) is 12.0. The molecule has 2 rings (SSSR count). The summed E-state index contributed by atoms with van der Waals surface area (Å²) in [5.41, 5.74) is 8.25. The molecule has 0 aromatic heterocycles. The summed E-state index contributed by atoms with van der Waals surface area (Å²) in [4.78, 5) is 2.17. The van der Waals surface area contributed by atoms with Gasteiger partial charge < -0.3 is 15.7 Å². The predicted molar refractivity (Wildman–Crippen MR) is 79.0 cm³/mol. The van der Waals surface area contributed by atoms with Crippen molar-refractivity contribution in [3.63, 3.8) is 0 Å². The molecule has 0 saturated heterocycles. The number of oxime groups is 1. The highest BCUT2D eigenvalue weighted by Crippen LogP contribution is 2.27. The molecule has 1 aromatic carbocycles. The first-order chi connectivity index (χ1) is 9.74. The van der Waals surface area contributed by atoms with Crippen LogP contribution in [0.3, 0.4) is 0 Å². The van der Waals surface area contributed by atoms with E-state index in [2.05, 4.69) is 35.2 Å². The Morgan fingerprint density at radius 2 is 2.30 bits per heavy atom. The Morgan fingerprint density at radius 3 is 3.05 bits per heavy atom. The summed E-state index contributed by atoms with van der Waals surface area (Å²) in [7, 11) is 0. The van der Waals surface area contributed by atoms with Gasteiger partial charge in [0, 0.05) is 6.54 Å². The number of amidine groups is 1. The van der Waals surface area contributed by atoms with Crippen molar-refractivity contribution in [1.29, 1.82) is 0 Å². The van der Waals surface area contributed by atoms with Gasteiger partial charge in [-0.15, -0.1) is 0 Å². The molecule has 0 spiro atoms. The van der Waals surface area contributed by atoms with Crippen LogP contribution in [-0.4, -0.2) is 42.2 Å². The fourth-order valence-corrected chi connectivity index (χ4v) is 2.67. The van der Waals surface area contributed by atoms with Crippen LogP contribution >= 0.6 is 0 Å². The van der Waals surface area contributed by atoms with E-state index in [0.29, 0.717) is 6.54 Å². The number of hydrogen-bond acceptors (Lipinski definition) is 4. The maximum atomic E-state index is 8.72. The summed E-state index contributed by atoms with van der Waals surface area (Å²) in [6.07, 6.45) is 2.06. The summed E-state index contributed by atoms with van der Waals surface area (Å²) >= 11 is 0. The normalized spacial score (nSPS) is 19.1. The number of ether oxygens (including phenoxy) is 1. The van der Waals surface area contributed by atoms with Crippen LogP contribution in [-0.2, 0) is 11.2 Å². The van der Waals surface area contributed by atoms with Crippen molar-refractivity contribution in [1.82, 2.24) is 4.90 Å². The summed E-state index contributed by atoms with van der Waals surface area (Å²) in [5.74, 6) is 0.238. The Bertz CT molecular complexity index is 462. The molecule has 3 N–H and O–H groups in total. The Balaban J connectivity index is 2.07. The molecule has 5 nitrogen and oxygen atoms in total. The molecule has 1 heterocycles. The third kappa shape index (κ3) is 3.71. The number of nitrogens with zero attached hydrogens (tertiary/aromatic N) is 2. The number of hydrogen-bond donors (Lipinski definition) is 2. The van der Waals surface area contributed by atoms with Gasteiger partial charge in [-0.1, -0.05) is 36.3 Å². The van der Waals surface area contributed by atoms with Crippen molar-refractivity contribution in [2.45, 2.75) is 25.9 Å². The number of fused-ring (bicyclic) bond motifs is 1. The van der Waals surface area contributed by atoms with Crippen LogP contribution < -0.4 is 5.73 Å². The van der Waals surface area contributed by atoms with Gasteiger partial charge in [0.1, 0.15) is 0 Å². The van der Waals surface area contributed by atoms with Crippen molar-refractivity contribution < 1.29 is 9.94 Å². The second-order valence-electron chi connectivity index (χ2n) is 5.13. The van der Waals surface area contributed by atoms with E-state index in [4.69, 9.17) is 15.7 Å². The largest absolute Gasteiger partial charge is 0.409 e. The van der Waals surface area contributed by atoms with E-state index in [1.54, 1.807) is 0 Å². The maximum Gasteiger partial charge on any atom is 0.153 e. The number of benzene rings is 1. The van der Waals surface area contributed by atoms with Crippen molar-refractivity contribution in [3.8, 4) is 0 Å². The van der Waals surface area contributed by atoms with Crippen LogP contribution in [0.1, 0.15) is 30.6 Å². The van der Waals surface area contributed by atoms with E-state index < -0.39 is 0 Å². The predicted octanol–water partition coefficient (Wildman–Crippen LogP) is 1.76. The number of nitrogens with two attached hydrogens (primary N) is 1. The zero-order valence-electron chi connectivity index (χ0n) is 12.0. The van der Waals surface area contributed by atoms with Gasteiger partial charge in [-0.05, 0) is 30.5 Å². The van der Waals surface area contributed by atoms with E-state index >= 15 is 0 Å². The van der Waals surface area contributed by atoms with Gasteiger partial charge in [0.25, 0.3) is 0 Å². The Hall–Kier alpha value is -1.59. The molecule has 0 fully saturated rings. The molecule has 0 radical (unpaired) electrons. The summed E-state index contributed by atoms with van der Waals surface area (Å²) in [5, 5.41) is 11.8. The Labute approximate surface area is 120 Å². The highest BCUT2D eigenvalue weighted by molar-refractivity contribution is 5.81. The summed E-state index contributed by atoms with van der Waals surface area (Å²) in [6, 6.07) is 8.42. The van der Waals surface area contributed by atoms with Crippen molar-refractivity contribution in [3.05, 3.63) is 35.4 Å². The molecule has 20 heavy (non-hydrogen) atoms. The smallest absolute Gasteiger partial charge is 0.153 e. The average Bonchev–Trinajstić information content (AvgIpc) is 2.47. The van der Waals surface area contributed by atoms with E-state index in [-0.39, 0.29) is 11.9 Å². The van der Waals surface area contributed by atoms with Crippen LogP contribution in [0.5, 0.6) is 0 Å². The molecule has 0 amide bonds. The minimum atomic E-state index is 0.0676. The monoisotopic (exact) mass is 277 g/mol. The van der Waals surface area contributed by atoms with Crippen molar-refractivity contribution in [2.75, 3.05) is 26.2 Å². The van der Waals surface area contributed by atoms with Gasteiger partial charge in [-0.2, -0.15) is 0 Å². The minimum Gasteiger partial charge on any atom is -0.409 e. The Kier molecular flexibility index (Phi) is 5.38. The lowest BCUT2D eigenvalue weighted by Crippen LogP contribution is -2.38. The molecule has 1 aliphatic rings. The van der Waals surface area contributed by atoms with Crippen LogP contribution in [0.2, 0.25) is 0 Å². The third-order valence-electron chi connectivity index (χ3n) is 3.57. The van der Waals surface area contributed by atoms with E-state index in [9.17, 15) is 0 Å². The zero-order chi connectivity index (χ0) is 14.4. The highest BCUT2D eigenvalue weighted by Gasteiger charge is 2.23.